The normalized spacial score (nSPS) is 9.65. The number of para-hydroxylation sites is 1. The van der Waals surface area contributed by atoms with Crippen molar-refractivity contribution < 1.29 is 14.6 Å². The molecule has 2 N–H and O–H groups in total. The van der Waals surface area contributed by atoms with Gasteiger partial charge in [0.25, 0.3) is 5.91 Å². The van der Waals surface area contributed by atoms with Crippen LogP contribution in [0.1, 0.15) is 23.0 Å². The van der Waals surface area contributed by atoms with Gasteiger partial charge in [-0.05, 0) is 25.1 Å². The number of aromatic nitrogens is 1. The van der Waals surface area contributed by atoms with Crippen LogP contribution in [0.4, 0.5) is 0 Å². The number of amides is 1. The van der Waals surface area contributed by atoms with E-state index in [9.17, 15) is 9.90 Å². The molecule has 1 aromatic carbocycles. The summed E-state index contributed by atoms with van der Waals surface area (Å²) in [4.78, 5) is 15.5. The maximum Gasteiger partial charge on any atom is 0.273 e. The van der Waals surface area contributed by atoms with Gasteiger partial charge in [0.15, 0.2) is 5.69 Å². The van der Waals surface area contributed by atoms with E-state index in [-0.39, 0.29) is 18.1 Å². The Morgan fingerprint density at radius 3 is 2.91 bits per heavy atom. The summed E-state index contributed by atoms with van der Waals surface area (Å²) in [6.07, 6.45) is 1.42. The van der Waals surface area contributed by atoms with Gasteiger partial charge in [-0.3, -0.25) is 4.79 Å². The van der Waals surface area contributed by atoms with E-state index in [1.807, 2.05) is 12.1 Å². The Balaban J connectivity index is 2.00. The lowest BCUT2D eigenvalue weighted by Crippen LogP contribution is -2.23. The minimum absolute atomic E-state index is 0.0234. The molecule has 1 aromatic heterocycles. The third-order valence-electron chi connectivity index (χ3n) is 2.79. The van der Waals surface area contributed by atoms with Gasteiger partial charge in [-0.25, -0.2) is 4.98 Å². The number of hydrogen-bond donors (Lipinski definition) is 2. The minimum Gasteiger partial charge on any atom is -0.505 e. The molecule has 0 spiro atoms. The van der Waals surface area contributed by atoms with E-state index in [1.165, 1.54) is 12.3 Å². The summed E-state index contributed by atoms with van der Waals surface area (Å²) >= 11 is 5.96. The van der Waals surface area contributed by atoms with Gasteiger partial charge in [-0.15, -0.1) is 0 Å². The van der Waals surface area contributed by atoms with Crippen molar-refractivity contribution in [3.63, 3.8) is 0 Å². The second kappa shape index (κ2) is 8.06. The second-order valence-electron chi connectivity index (χ2n) is 4.47. The molecule has 0 aliphatic heterocycles. The first-order chi connectivity index (χ1) is 11.1. The lowest BCUT2D eigenvalue weighted by atomic mass is 10.2. The SMILES string of the molecule is CCNC(=O)c1ncc(C#CCOc2ccccc2Cl)cc1O. The zero-order valence-electron chi connectivity index (χ0n) is 12.5. The molecule has 1 amide bonds. The molecule has 0 saturated heterocycles. The van der Waals surface area contributed by atoms with Crippen LogP contribution in [-0.2, 0) is 0 Å². The number of halogens is 1. The molecule has 23 heavy (non-hydrogen) atoms. The Labute approximate surface area is 139 Å². The van der Waals surface area contributed by atoms with Crippen LogP contribution in [0, 0.1) is 11.8 Å². The van der Waals surface area contributed by atoms with Crippen LogP contribution in [0.3, 0.4) is 0 Å². The highest BCUT2D eigenvalue weighted by Crippen LogP contribution is 2.22. The van der Waals surface area contributed by atoms with E-state index in [0.29, 0.717) is 22.9 Å². The van der Waals surface area contributed by atoms with Crippen molar-refractivity contribution in [1.82, 2.24) is 10.3 Å². The molecule has 1 heterocycles. The van der Waals surface area contributed by atoms with Crippen molar-refractivity contribution in [1.29, 1.82) is 0 Å². The molecular weight excluding hydrogens is 316 g/mol. The van der Waals surface area contributed by atoms with Crippen molar-refractivity contribution in [2.24, 2.45) is 0 Å². The van der Waals surface area contributed by atoms with Crippen LogP contribution in [0.2, 0.25) is 5.02 Å². The maximum absolute atomic E-state index is 11.6. The van der Waals surface area contributed by atoms with Gasteiger partial charge in [0.1, 0.15) is 18.1 Å². The summed E-state index contributed by atoms with van der Waals surface area (Å²) in [7, 11) is 0. The van der Waals surface area contributed by atoms with Crippen molar-refractivity contribution >= 4 is 17.5 Å². The first-order valence-electron chi connectivity index (χ1n) is 6.95. The summed E-state index contributed by atoms with van der Waals surface area (Å²) in [5.41, 5.74) is 0.461. The van der Waals surface area contributed by atoms with Gasteiger partial charge in [0, 0.05) is 18.3 Å². The van der Waals surface area contributed by atoms with Crippen molar-refractivity contribution in [2.45, 2.75) is 6.92 Å². The zero-order valence-corrected chi connectivity index (χ0v) is 13.2. The highest BCUT2D eigenvalue weighted by atomic mass is 35.5. The van der Waals surface area contributed by atoms with E-state index in [4.69, 9.17) is 16.3 Å². The van der Waals surface area contributed by atoms with E-state index in [1.54, 1.807) is 19.1 Å². The Morgan fingerprint density at radius 2 is 2.22 bits per heavy atom. The quantitative estimate of drug-likeness (QED) is 0.845. The van der Waals surface area contributed by atoms with Crippen molar-refractivity contribution in [3.8, 4) is 23.3 Å². The molecule has 2 aromatic rings. The average molecular weight is 331 g/mol. The van der Waals surface area contributed by atoms with Crippen LogP contribution in [0.25, 0.3) is 0 Å². The Bertz CT molecular complexity index is 766. The fourth-order valence-electron chi connectivity index (χ4n) is 1.75. The highest BCUT2D eigenvalue weighted by molar-refractivity contribution is 6.32. The molecule has 118 valence electrons. The van der Waals surface area contributed by atoms with E-state index in [2.05, 4.69) is 22.1 Å². The lowest BCUT2D eigenvalue weighted by Gasteiger charge is -2.04. The first kappa shape index (κ1) is 16.7. The molecular formula is C17H15ClN2O3. The van der Waals surface area contributed by atoms with Gasteiger partial charge in [0.2, 0.25) is 0 Å². The second-order valence-corrected chi connectivity index (χ2v) is 4.88. The summed E-state index contributed by atoms with van der Waals surface area (Å²) in [5.74, 6) is 5.51. The first-order valence-corrected chi connectivity index (χ1v) is 7.33. The van der Waals surface area contributed by atoms with Crippen LogP contribution < -0.4 is 10.1 Å². The molecule has 2 rings (SSSR count). The number of rotatable bonds is 4. The number of nitrogens with one attached hydrogen (secondary N) is 1. The molecule has 0 atom stereocenters. The van der Waals surface area contributed by atoms with Gasteiger partial charge in [-0.2, -0.15) is 0 Å². The number of nitrogens with zero attached hydrogens (tertiary/aromatic N) is 1. The topological polar surface area (TPSA) is 71.5 Å². The number of ether oxygens (including phenoxy) is 1. The molecule has 0 bridgehead atoms. The van der Waals surface area contributed by atoms with E-state index >= 15 is 0 Å². The third kappa shape index (κ3) is 4.63. The molecule has 5 nitrogen and oxygen atoms in total. The number of pyridine rings is 1. The lowest BCUT2D eigenvalue weighted by molar-refractivity contribution is 0.0948. The van der Waals surface area contributed by atoms with Gasteiger partial charge in [-0.1, -0.05) is 35.6 Å². The molecule has 0 fully saturated rings. The minimum atomic E-state index is -0.424. The standard InChI is InChI=1S/C17H15ClN2O3/c1-2-19-17(22)16-14(21)10-12(11-20-16)6-5-9-23-15-8-4-3-7-13(15)18/h3-4,7-8,10-11,21H,2,9H2,1H3,(H,19,22). The number of carbonyl (C=O) groups excluding carboxylic acids is 1. The molecule has 0 radical (unpaired) electrons. The smallest absolute Gasteiger partial charge is 0.273 e. The molecule has 0 aliphatic carbocycles. The molecule has 0 unspecified atom stereocenters. The summed E-state index contributed by atoms with van der Waals surface area (Å²) in [6.45, 7) is 2.39. The van der Waals surface area contributed by atoms with E-state index in [0.717, 1.165) is 0 Å². The molecule has 0 saturated carbocycles. The Kier molecular flexibility index (Phi) is 5.84. The van der Waals surface area contributed by atoms with Gasteiger partial charge >= 0.3 is 0 Å². The van der Waals surface area contributed by atoms with Crippen LogP contribution in [0.15, 0.2) is 36.5 Å². The third-order valence-corrected chi connectivity index (χ3v) is 3.10. The van der Waals surface area contributed by atoms with E-state index < -0.39 is 5.91 Å². The average Bonchev–Trinajstić information content (AvgIpc) is 2.53. The molecule has 6 heteroatoms. The number of hydrogen-bond acceptors (Lipinski definition) is 4. The summed E-state index contributed by atoms with van der Waals surface area (Å²) in [5, 5.41) is 12.9. The van der Waals surface area contributed by atoms with Crippen molar-refractivity contribution in [3.05, 3.63) is 52.8 Å². The monoisotopic (exact) mass is 330 g/mol. The van der Waals surface area contributed by atoms with Crippen LogP contribution in [-0.4, -0.2) is 29.1 Å². The highest BCUT2D eigenvalue weighted by Gasteiger charge is 2.11. The number of benzene rings is 1. The summed E-state index contributed by atoms with van der Waals surface area (Å²) < 4.78 is 5.43. The Hall–Kier alpha value is -2.71. The number of aromatic hydroxyl groups is 1. The Morgan fingerprint density at radius 1 is 1.43 bits per heavy atom. The van der Waals surface area contributed by atoms with Crippen LogP contribution >= 0.6 is 11.6 Å². The van der Waals surface area contributed by atoms with Crippen molar-refractivity contribution in [2.75, 3.05) is 13.2 Å². The fourth-order valence-corrected chi connectivity index (χ4v) is 1.94. The zero-order chi connectivity index (χ0) is 16.7. The largest absolute Gasteiger partial charge is 0.505 e. The fraction of sp³-hybridized carbons (Fsp3) is 0.176. The van der Waals surface area contributed by atoms with Crippen LogP contribution in [0.5, 0.6) is 11.5 Å². The number of carbonyl (C=O) groups is 1. The molecule has 0 aliphatic rings. The van der Waals surface area contributed by atoms with Gasteiger partial charge in [0.05, 0.1) is 5.02 Å². The predicted octanol–water partition coefficient (Wildman–Crippen LogP) is 2.62. The summed E-state index contributed by atoms with van der Waals surface area (Å²) in [6, 6.07) is 8.49. The van der Waals surface area contributed by atoms with Gasteiger partial charge < -0.3 is 15.2 Å². The predicted molar refractivity (Wildman–Crippen MR) is 87.7 cm³/mol. The maximum atomic E-state index is 11.6.